The van der Waals surface area contributed by atoms with Crippen molar-refractivity contribution in [2.45, 2.75) is 112 Å². The average molecular weight is 480 g/mol. The van der Waals surface area contributed by atoms with Crippen LogP contribution in [-0.4, -0.2) is 72.0 Å². The molecule has 1 rings (SSSR count). The first-order chi connectivity index (χ1) is 16.0. The highest BCUT2D eigenvalue weighted by Gasteiger charge is 2.36. The molecule has 0 saturated carbocycles. The molecule has 0 bridgehead atoms. The van der Waals surface area contributed by atoms with E-state index in [1.807, 2.05) is 27.7 Å². The minimum absolute atomic E-state index is 0.0533. The number of nitrogens with zero attached hydrogens (tertiary/aromatic N) is 2. The number of ether oxygens (including phenoxy) is 1. The number of hydrogen-bond acceptors (Lipinski definition) is 5. The van der Waals surface area contributed by atoms with Gasteiger partial charge in [0.15, 0.2) is 0 Å². The van der Waals surface area contributed by atoms with Gasteiger partial charge in [0.2, 0.25) is 11.8 Å². The minimum Gasteiger partial charge on any atom is -0.463 e. The molecule has 0 aliphatic carbocycles. The molecule has 7 nitrogen and oxygen atoms in total. The van der Waals surface area contributed by atoms with E-state index in [9.17, 15) is 14.4 Å². The number of rotatable bonds is 12. The maximum absolute atomic E-state index is 13.6. The number of hydrogen-bond donors (Lipinski definition) is 1. The Balaban J connectivity index is 3.07. The summed E-state index contributed by atoms with van der Waals surface area (Å²) in [6.07, 6.45) is 6.90. The third kappa shape index (κ3) is 8.40. The van der Waals surface area contributed by atoms with Crippen LogP contribution < -0.4 is 5.32 Å². The van der Waals surface area contributed by atoms with E-state index < -0.39 is 6.04 Å². The van der Waals surface area contributed by atoms with Gasteiger partial charge in [-0.05, 0) is 58.4 Å². The number of likely N-dealkylation sites (N-methyl/N-ethyl adjacent to an activating group) is 1. The van der Waals surface area contributed by atoms with Gasteiger partial charge >= 0.3 is 5.97 Å². The quantitative estimate of drug-likeness (QED) is 0.336. The molecule has 4 unspecified atom stereocenters. The lowest BCUT2D eigenvalue weighted by Crippen LogP contribution is -2.59. The highest BCUT2D eigenvalue weighted by Crippen LogP contribution is 2.23. The van der Waals surface area contributed by atoms with Crippen molar-refractivity contribution >= 4 is 17.8 Å². The van der Waals surface area contributed by atoms with Gasteiger partial charge < -0.3 is 15.0 Å². The van der Waals surface area contributed by atoms with Gasteiger partial charge in [0.05, 0.1) is 18.7 Å². The molecule has 1 saturated heterocycles. The number of nitrogens with one attached hydrogen (secondary N) is 1. The second-order valence-corrected chi connectivity index (χ2v) is 10.4. The van der Waals surface area contributed by atoms with Crippen molar-refractivity contribution < 1.29 is 19.1 Å². The molecule has 1 aliphatic rings. The Morgan fingerprint density at radius 1 is 1.09 bits per heavy atom. The molecule has 1 N–H and O–H groups in total. The summed E-state index contributed by atoms with van der Waals surface area (Å²) in [6.45, 7) is 17.0. The predicted molar refractivity (Wildman–Crippen MR) is 137 cm³/mol. The number of amides is 2. The van der Waals surface area contributed by atoms with Gasteiger partial charge in [-0.15, -0.1) is 0 Å². The average Bonchev–Trinajstić information content (AvgIpc) is 2.79. The van der Waals surface area contributed by atoms with Gasteiger partial charge in [0, 0.05) is 18.7 Å². The summed E-state index contributed by atoms with van der Waals surface area (Å²) in [5.74, 6) is -0.541. The van der Waals surface area contributed by atoms with Gasteiger partial charge in [-0.3, -0.25) is 14.5 Å². The van der Waals surface area contributed by atoms with E-state index in [1.165, 1.54) is 0 Å². The molecule has 7 heteroatoms. The van der Waals surface area contributed by atoms with Crippen molar-refractivity contribution in [3.63, 3.8) is 0 Å². The van der Waals surface area contributed by atoms with Gasteiger partial charge in [0.25, 0.3) is 0 Å². The van der Waals surface area contributed by atoms with E-state index >= 15 is 0 Å². The van der Waals surface area contributed by atoms with Crippen molar-refractivity contribution in [1.29, 1.82) is 0 Å². The monoisotopic (exact) mass is 479 g/mol. The lowest BCUT2D eigenvalue weighted by Gasteiger charge is -2.40. The van der Waals surface area contributed by atoms with Crippen LogP contribution in [0, 0.1) is 11.8 Å². The third-order valence-electron chi connectivity index (χ3n) is 6.85. The summed E-state index contributed by atoms with van der Waals surface area (Å²) in [4.78, 5) is 43.1. The van der Waals surface area contributed by atoms with Crippen LogP contribution in [0.2, 0.25) is 0 Å². The second-order valence-electron chi connectivity index (χ2n) is 10.4. The summed E-state index contributed by atoms with van der Waals surface area (Å²) >= 11 is 0. The molecule has 1 fully saturated rings. The molecule has 4 atom stereocenters. The zero-order valence-corrected chi connectivity index (χ0v) is 23.0. The van der Waals surface area contributed by atoms with Crippen LogP contribution in [0.1, 0.15) is 87.5 Å². The highest BCUT2D eigenvalue weighted by molar-refractivity contribution is 5.91. The van der Waals surface area contributed by atoms with Crippen LogP contribution in [0.4, 0.5) is 0 Å². The summed E-state index contributed by atoms with van der Waals surface area (Å²) in [5.41, 5.74) is 0.480. The Bertz CT molecular complexity index is 704. The lowest BCUT2D eigenvalue weighted by atomic mass is 9.95. The fourth-order valence-corrected chi connectivity index (χ4v) is 4.80. The fourth-order valence-electron chi connectivity index (χ4n) is 4.80. The van der Waals surface area contributed by atoms with Crippen molar-refractivity contribution in [1.82, 2.24) is 15.1 Å². The maximum Gasteiger partial charge on any atom is 0.333 e. The number of esters is 1. The fraction of sp³-hybridized carbons (Fsp3) is 0.815. The van der Waals surface area contributed by atoms with Crippen molar-refractivity contribution in [2.24, 2.45) is 11.8 Å². The van der Waals surface area contributed by atoms with Crippen LogP contribution in [0.15, 0.2) is 11.6 Å². The van der Waals surface area contributed by atoms with E-state index in [-0.39, 0.29) is 41.7 Å². The zero-order valence-electron chi connectivity index (χ0n) is 23.0. The van der Waals surface area contributed by atoms with Crippen molar-refractivity contribution in [3.8, 4) is 0 Å². The molecule has 0 spiro atoms. The molecule has 0 aromatic carbocycles. The van der Waals surface area contributed by atoms with Gasteiger partial charge in [-0.1, -0.05) is 53.5 Å². The molecule has 34 heavy (non-hydrogen) atoms. The van der Waals surface area contributed by atoms with Crippen LogP contribution in [0.25, 0.3) is 0 Å². The van der Waals surface area contributed by atoms with E-state index in [2.05, 4.69) is 24.1 Å². The summed E-state index contributed by atoms with van der Waals surface area (Å²) < 4.78 is 5.10. The number of likely N-dealkylation sites (tertiary alicyclic amines) is 1. The number of carbonyl (C=O) groups excluding carboxylic acids is 3. The number of carbonyl (C=O) groups is 3. The first kappa shape index (κ1) is 30.1. The summed E-state index contributed by atoms with van der Waals surface area (Å²) in [5, 5.41) is 3.10. The SMILES string of the molecule is CCCC(C)N1CCCCC1C(=O)NC(C(=O)N(C)C(/C=C(\C)C(=O)OCC)C(C)C)C(C)C. The van der Waals surface area contributed by atoms with Crippen LogP contribution in [-0.2, 0) is 19.1 Å². The van der Waals surface area contributed by atoms with Gasteiger partial charge in [0.1, 0.15) is 6.04 Å². The maximum atomic E-state index is 13.6. The highest BCUT2D eigenvalue weighted by atomic mass is 16.5. The normalized spacial score (nSPS) is 20.1. The molecule has 1 heterocycles. The molecule has 0 aromatic heterocycles. The standard InChI is InChI=1S/C27H49N3O4/c1-10-14-21(8)30-16-13-12-15-22(30)25(31)28-24(19(5)6)26(32)29(9)23(18(3)4)17-20(7)27(33)34-11-2/h17-19,21-24H,10-16H2,1-9H3,(H,28,31)/b20-17+. The lowest BCUT2D eigenvalue weighted by molar-refractivity contribution is -0.140. The second kappa shape index (κ2) is 14.5. The van der Waals surface area contributed by atoms with E-state index in [0.717, 1.165) is 38.6 Å². The topological polar surface area (TPSA) is 79.0 Å². The van der Waals surface area contributed by atoms with E-state index in [0.29, 0.717) is 18.2 Å². The zero-order chi connectivity index (χ0) is 26.0. The Morgan fingerprint density at radius 2 is 1.74 bits per heavy atom. The van der Waals surface area contributed by atoms with E-state index in [1.54, 1.807) is 31.9 Å². The smallest absolute Gasteiger partial charge is 0.333 e. The largest absolute Gasteiger partial charge is 0.463 e. The molecular formula is C27H49N3O4. The molecule has 2 amide bonds. The number of piperidine rings is 1. The van der Waals surface area contributed by atoms with Crippen LogP contribution in [0.5, 0.6) is 0 Å². The van der Waals surface area contributed by atoms with Crippen LogP contribution >= 0.6 is 0 Å². The molecule has 0 radical (unpaired) electrons. The predicted octanol–water partition coefficient (Wildman–Crippen LogP) is 4.16. The summed E-state index contributed by atoms with van der Waals surface area (Å²) in [7, 11) is 1.75. The van der Waals surface area contributed by atoms with Crippen molar-refractivity contribution in [3.05, 3.63) is 11.6 Å². The third-order valence-corrected chi connectivity index (χ3v) is 6.85. The molecular weight excluding hydrogens is 430 g/mol. The Labute approximate surface area is 207 Å². The van der Waals surface area contributed by atoms with E-state index in [4.69, 9.17) is 4.74 Å². The van der Waals surface area contributed by atoms with Crippen LogP contribution in [0.3, 0.4) is 0 Å². The Hall–Kier alpha value is -1.89. The first-order valence-corrected chi connectivity index (χ1v) is 13.1. The van der Waals surface area contributed by atoms with Gasteiger partial charge in [-0.25, -0.2) is 4.79 Å². The Kier molecular flexibility index (Phi) is 12.9. The molecule has 196 valence electrons. The summed E-state index contributed by atoms with van der Waals surface area (Å²) in [6, 6.07) is -0.758. The molecule has 1 aliphatic heterocycles. The first-order valence-electron chi connectivity index (χ1n) is 13.1. The molecule has 0 aromatic rings. The Morgan fingerprint density at radius 3 is 2.26 bits per heavy atom. The van der Waals surface area contributed by atoms with Crippen molar-refractivity contribution in [2.75, 3.05) is 20.2 Å². The van der Waals surface area contributed by atoms with Gasteiger partial charge in [-0.2, -0.15) is 0 Å². The minimum atomic E-state index is -0.625.